The molecule has 23 heavy (non-hydrogen) atoms. The highest BCUT2D eigenvalue weighted by Gasteiger charge is 2.27. The van der Waals surface area contributed by atoms with Gasteiger partial charge in [-0.15, -0.1) is 10.2 Å². The van der Waals surface area contributed by atoms with Gasteiger partial charge >= 0.3 is 12.2 Å². The SMILES string of the molecule is COc1ccc(-c2nnc(C)o2)cc1NC(=O)NCC(F)(F)F. The van der Waals surface area contributed by atoms with Crippen LogP contribution in [0, 0.1) is 6.92 Å². The van der Waals surface area contributed by atoms with Gasteiger partial charge in [0.05, 0.1) is 12.8 Å². The molecule has 0 spiro atoms. The van der Waals surface area contributed by atoms with Crippen molar-refractivity contribution >= 4 is 11.7 Å². The van der Waals surface area contributed by atoms with Gasteiger partial charge in [0.1, 0.15) is 12.3 Å². The minimum Gasteiger partial charge on any atom is -0.495 e. The number of carbonyl (C=O) groups excluding carboxylic acids is 1. The van der Waals surface area contributed by atoms with Crippen LogP contribution in [0.4, 0.5) is 23.7 Å². The average molecular weight is 330 g/mol. The predicted octanol–water partition coefficient (Wildman–Crippen LogP) is 2.74. The lowest BCUT2D eigenvalue weighted by molar-refractivity contribution is -0.122. The fourth-order valence-corrected chi connectivity index (χ4v) is 1.70. The number of alkyl halides is 3. The van der Waals surface area contributed by atoms with Crippen LogP contribution in [-0.2, 0) is 0 Å². The molecule has 0 unspecified atom stereocenters. The van der Waals surface area contributed by atoms with Crippen LogP contribution in [0.2, 0.25) is 0 Å². The van der Waals surface area contributed by atoms with E-state index in [0.29, 0.717) is 11.5 Å². The number of amides is 2. The minimum atomic E-state index is -4.50. The summed E-state index contributed by atoms with van der Waals surface area (Å²) in [4.78, 5) is 11.6. The van der Waals surface area contributed by atoms with Gasteiger partial charge < -0.3 is 19.8 Å². The Balaban J connectivity index is 2.17. The zero-order chi connectivity index (χ0) is 17.0. The van der Waals surface area contributed by atoms with E-state index >= 15 is 0 Å². The van der Waals surface area contributed by atoms with Crippen molar-refractivity contribution < 1.29 is 27.1 Å². The Kier molecular flexibility index (Phi) is 4.72. The number of aryl methyl sites for hydroxylation is 1. The number of halogens is 3. The van der Waals surface area contributed by atoms with Crippen LogP contribution < -0.4 is 15.4 Å². The normalized spacial score (nSPS) is 11.2. The third-order valence-electron chi connectivity index (χ3n) is 2.67. The molecule has 1 aromatic heterocycles. The lowest BCUT2D eigenvalue weighted by Crippen LogP contribution is -2.36. The molecule has 0 saturated carbocycles. The molecule has 124 valence electrons. The third-order valence-corrected chi connectivity index (χ3v) is 2.67. The lowest BCUT2D eigenvalue weighted by Gasteiger charge is -2.13. The van der Waals surface area contributed by atoms with E-state index in [1.54, 1.807) is 18.3 Å². The summed E-state index contributed by atoms with van der Waals surface area (Å²) in [5.74, 6) is 0.837. The van der Waals surface area contributed by atoms with E-state index in [4.69, 9.17) is 9.15 Å². The number of methoxy groups -OCH3 is 1. The van der Waals surface area contributed by atoms with Gasteiger partial charge in [0.15, 0.2) is 0 Å². The molecule has 0 aliphatic rings. The Morgan fingerprint density at radius 1 is 1.35 bits per heavy atom. The van der Waals surface area contributed by atoms with Crippen molar-refractivity contribution in [2.45, 2.75) is 13.1 Å². The number of aromatic nitrogens is 2. The van der Waals surface area contributed by atoms with E-state index in [2.05, 4.69) is 15.5 Å². The van der Waals surface area contributed by atoms with Crippen molar-refractivity contribution in [2.24, 2.45) is 0 Å². The van der Waals surface area contributed by atoms with Gasteiger partial charge in [0.25, 0.3) is 0 Å². The van der Waals surface area contributed by atoms with Crippen LogP contribution in [0.15, 0.2) is 22.6 Å². The minimum absolute atomic E-state index is 0.167. The standard InChI is InChI=1S/C13H13F3N4O3/c1-7-19-20-11(23-7)8-3-4-10(22-2)9(5-8)18-12(21)17-6-13(14,15)16/h3-5H,6H2,1-2H3,(H2,17,18,21). The zero-order valence-corrected chi connectivity index (χ0v) is 12.2. The number of hydrogen-bond donors (Lipinski definition) is 2. The van der Waals surface area contributed by atoms with E-state index in [1.807, 2.05) is 0 Å². The monoisotopic (exact) mass is 330 g/mol. The maximum atomic E-state index is 12.1. The second-order valence-corrected chi connectivity index (χ2v) is 4.46. The van der Waals surface area contributed by atoms with Crippen molar-refractivity contribution in [3.63, 3.8) is 0 Å². The fourth-order valence-electron chi connectivity index (χ4n) is 1.70. The number of hydrogen-bond acceptors (Lipinski definition) is 5. The molecule has 0 radical (unpaired) electrons. The van der Waals surface area contributed by atoms with E-state index in [0.717, 1.165) is 0 Å². The zero-order valence-electron chi connectivity index (χ0n) is 12.2. The third kappa shape index (κ3) is 4.59. The number of rotatable bonds is 4. The molecule has 2 amide bonds. The second-order valence-electron chi connectivity index (χ2n) is 4.46. The molecule has 10 heteroatoms. The van der Waals surface area contributed by atoms with Gasteiger partial charge in [-0.25, -0.2) is 4.79 Å². The quantitative estimate of drug-likeness (QED) is 0.900. The summed E-state index contributed by atoms with van der Waals surface area (Å²) in [7, 11) is 1.37. The maximum absolute atomic E-state index is 12.1. The molecule has 1 heterocycles. The smallest absolute Gasteiger partial charge is 0.405 e. The summed E-state index contributed by atoms with van der Waals surface area (Å²) in [5.41, 5.74) is 0.651. The summed E-state index contributed by atoms with van der Waals surface area (Å²) >= 11 is 0. The van der Waals surface area contributed by atoms with E-state index in [1.165, 1.54) is 19.2 Å². The molecule has 2 rings (SSSR count). The molecule has 0 aliphatic heterocycles. The molecular formula is C13H13F3N4O3. The molecule has 0 atom stereocenters. The predicted molar refractivity (Wildman–Crippen MR) is 74.1 cm³/mol. The van der Waals surface area contributed by atoms with Gasteiger partial charge in [0.2, 0.25) is 11.8 Å². The Morgan fingerprint density at radius 3 is 2.65 bits per heavy atom. The first-order valence-electron chi connectivity index (χ1n) is 6.38. The van der Waals surface area contributed by atoms with Crippen LogP contribution in [0.3, 0.4) is 0 Å². The van der Waals surface area contributed by atoms with E-state index in [-0.39, 0.29) is 17.3 Å². The largest absolute Gasteiger partial charge is 0.495 e. The first kappa shape index (κ1) is 16.6. The van der Waals surface area contributed by atoms with Crippen LogP contribution in [0.1, 0.15) is 5.89 Å². The lowest BCUT2D eigenvalue weighted by atomic mass is 10.2. The van der Waals surface area contributed by atoms with Crippen molar-refractivity contribution in [1.82, 2.24) is 15.5 Å². The molecule has 2 N–H and O–H groups in total. The van der Waals surface area contributed by atoms with Crippen LogP contribution in [0.25, 0.3) is 11.5 Å². The molecule has 7 nitrogen and oxygen atoms in total. The number of nitrogens with zero attached hydrogens (tertiary/aromatic N) is 2. The number of ether oxygens (including phenoxy) is 1. The van der Waals surface area contributed by atoms with Crippen LogP contribution in [0.5, 0.6) is 5.75 Å². The average Bonchev–Trinajstić information content (AvgIpc) is 2.91. The Hall–Kier alpha value is -2.78. The number of anilines is 1. The number of urea groups is 1. The summed E-state index contributed by atoms with van der Waals surface area (Å²) in [6.45, 7) is 0.174. The fraction of sp³-hybridized carbons (Fsp3) is 0.308. The summed E-state index contributed by atoms with van der Waals surface area (Å²) in [6.07, 6.45) is -4.50. The van der Waals surface area contributed by atoms with Gasteiger partial charge in [-0.2, -0.15) is 13.2 Å². The first-order chi connectivity index (χ1) is 10.8. The number of nitrogens with one attached hydrogen (secondary N) is 2. The Bertz CT molecular complexity index is 700. The highest BCUT2D eigenvalue weighted by molar-refractivity contribution is 5.91. The number of benzene rings is 1. The molecule has 1 aromatic carbocycles. The molecule has 0 saturated heterocycles. The van der Waals surface area contributed by atoms with Gasteiger partial charge in [-0.3, -0.25) is 0 Å². The van der Waals surface area contributed by atoms with Gasteiger partial charge in [-0.1, -0.05) is 0 Å². The summed E-state index contributed by atoms with van der Waals surface area (Å²) < 4.78 is 46.6. The van der Waals surface area contributed by atoms with Crippen molar-refractivity contribution in [3.05, 3.63) is 24.1 Å². The topological polar surface area (TPSA) is 89.3 Å². The maximum Gasteiger partial charge on any atom is 0.405 e. The summed E-state index contributed by atoms with van der Waals surface area (Å²) in [5, 5.41) is 11.5. The number of carbonyl (C=O) groups is 1. The molecule has 0 fully saturated rings. The van der Waals surface area contributed by atoms with Crippen molar-refractivity contribution in [2.75, 3.05) is 19.0 Å². The van der Waals surface area contributed by atoms with E-state index in [9.17, 15) is 18.0 Å². The highest BCUT2D eigenvalue weighted by atomic mass is 19.4. The Labute approximate surface area is 128 Å². The molecule has 2 aromatic rings. The summed E-state index contributed by atoms with van der Waals surface area (Å²) in [6, 6.07) is 3.58. The molecule has 0 aliphatic carbocycles. The van der Waals surface area contributed by atoms with Crippen LogP contribution >= 0.6 is 0 Å². The molecular weight excluding hydrogens is 317 g/mol. The van der Waals surface area contributed by atoms with E-state index < -0.39 is 18.8 Å². The van der Waals surface area contributed by atoms with Gasteiger partial charge in [-0.05, 0) is 18.2 Å². The highest BCUT2D eigenvalue weighted by Crippen LogP contribution is 2.30. The van der Waals surface area contributed by atoms with Crippen molar-refractivity contribution in [1.29, 1.82) is 0 Å². The van der Waals surface area contributed by atoms with Crippen LogP contribution in [-0.4, -0.2) is 36.1 Å². The molecule has 0 bridgehead atoms. The van der Waals surface area contributed by atoms with Gasteiger partial charge in [0, 0.05) is 12.5 Å². The van der Waals surface area contributed by atoms with Crippen molar-refractivity contribution in [3.8, 4) is 17.2 Å². The Morgan fingerprint density at radius 2 is 2.09 bits per heavy atom. The second kappa shape index (κ2) is 6.55. The first-order valence-corrected chi connectivity index (χ1v) is 6.38.